The Labute approximate surface area is 136 Å². The highest BCUT2D eigenvalue weighted by Crippen LogP contribution is 2.40. The molecule has 0 amide bonds. The first-order valence-corrected chi connectivity index (χ1v) is 10.1. The maximum atomic E-state index is 3.78. The van der Waals surface area contributed by atoms with E-state index in [1.54, 1.807) is 0 Å². The molecule has 3 heteroatoms. The van der Waals surface area contributed by atoms with Crippen molar-refractivity contribution < 1.29 is 0 Å². The van der Waals surface area contributed by atoms with Gasteiger partial charge in [-0.2, -0.15) is 11.8 Å². The molecule has 1 aliphatic heterocycles. The van der Waals surface area contributed by atoms with Gasteiger partial charge in [-0.25, -0.2) is 0 Å². The summed E-state index contributed by atoms with van der Waals surface area (Å²) in [5.41, 5.74) is 0.536. The monoisotopic (exact) mass is 312 g/mol. The number of hydrogen-bond donors (Lipinski definition) is 1. The fourth-order valence-electron chi connectivity index (χ4n) is 4.26. The van der Waals surface area contributed by atoms with Crippen LogP contribution in [0.4, 0.5) is 0 Å². The minimum atomic E-state index is 0.536. The lowest BCUT2D eigenvalue weighted by molar-refractivity contribution is 0.0813. The molecule has 0 aromatic rings. The second-order valence-corrected chi connectivity index (χ2v) is 9.69. The molecular formula is C18H36N2S. The molecule has 1 saturated heterocycles. The SMILES string of the molecule is CC(C)CNCC1(CN2CCSC(C)C2)CCCC(C)C1. The van der Waals surface area contributed by atoms with Crippen molar-refractivity contribution in [3.63, 3.8) is 0 Å². The van der Waals surface area contributed by atoms with Crippen molar-refractivity contribution in [2.75, 3.05) is 38.5 Å². The van der Waals surface area contributed by atoms with Crippen LogP contribution in [0.5, 0.6) is 0 Å². The lowest BCUT2D eigenvalue weighted by atomic mass is 9.69. The molecule has 3 unspecified atom stereocenters. The van der Waals surface area contributed by atoms with Crippen LogP contribution in [-0.2, 0) is 0 Å². The van der Waals surface area contributed by atoms with Gasteiger partial charge in [-0.05, 0) is 36.6 Å². The zero-order valence-corrected chi connectivity index (χ0v) is 15.5. The zero-order valence-electron chi connectivity index (χ0n) is 14.7. The molecule has 1 saturated carbocycles. The number of hydrogen-bond acceptors (Lipinski definition) is 3. The quantitative estimate of drug-likeness (QED) is 0.801. The van der Waals surface area contributed by atoms with E-state index in [4.69, 9.17) is 0 Å². The minimum Gasteiger partial charge on any atom is -0.316 e. The minimum absolute atomic E-state index is 0.536. The van der Waals surface area contributed by atoms with E-state index in [-0.39, 0.29) is 0 Å². The van der Waals surface area contributed by atoms with Gasteiger partial charge in [-0.3, -0.25) is 0 Å². The van der Waals surface area contributed by atoms with Crippen molar-refractivity contribution in [2.24, 2.45) is 17.3 Å². The van der Waals surface area contributed by atoms with Crippen molar-refractivity contribution in [2.45, 2.75) is 58.6 Å². The lowest BCUT2D eigenvalue weighted by Crippen LogP contribution is -2.50. The summed E-state index contributed by atoms with van der Waals surface area (Å²) < 4.78 is 0. The van der Waals surface area contributed by atoms with Gasteiger partial charge in [-0.15, -0.1) is 0 Å². The molecule has 2 rings (SSSR count). The van der Waals surface area contributed by atoms with E-state index in [0.717, 1.165) is 17.1 Å². The maximum Gasteiger partial charge on any atom is 0.0147 e. The molecule has 3 atom stereocenters. The van der Waals surface area contributed by atoms with Crippen LogP contribution in [-0.4, -0.2) is 48.6 Å². The van der Waals surface area contributed by atoms with Crippen molar-refractivity contribution >= 4 is 11.8 Å². The van der Waals surface area contributed by atoms with Gasteiger partial charge in [0.25, 0.3) is 0 Å². The second kappa shape index (κ2) is 8.21. The van der Waals surface area contributed by atoms with Crippen LogP contribution in [0.1, 0.15) is 53.4 Å². The fraction of sp³-hybridized carbons (Fsp3) is 1.00. The molecule has 1 N–H and O–H groups in total. The molecule has 0 bridgehead atoms. The van der Waals surface area contributed by atoms with E-state index in [9.17, 15) is 0 Å². The summed E-state index contributed by atoms with van der Waals surface area (Å²) in [6.45, 7) is 15.8. The van der Waals surface area contributed by atoms with E-state index < -0.39 is 0 Å². The Morgan fingerprint density at radius 2 is 2.14 bits per heavy atom. The van der Waals surface area contributed by atoms with Gasteiger partial charge in [0, 0.05) is 37.2 Å². The van der Waals surface area contributed by atoms with Crippen LogP contribution in [0.15, 0.2) is 0 Å². The summed E-state index contributed by atoms with van der Waals surface area (Å²) >= 11 is 2.15. The first-order valence-electron chi connectivity index (χ1n) is 9.04. The summed E-state index contributed by atoms with van der Waals surface area (Å²) in [6.07, 6.45) is 5.73. The van der Waals surface area contributed by atoms with Gasteiger partial charge in [0.05, 0.1) is 0 Å². The molecule has 21 heavy (non-hydrogen) atoms. The lowest BCUT2D eigenvalue weighted by Gasteiger charge is -2.45. The van der Waals surface area contributed by atoms with Crippen molar-refractivity contribution in [3.8, 4) is 0 Å². The number of nitrogens with one attached hydrogen (secondary N) is 1. The number of thioether (sulfide) groups is 1. The number of nitrogens with zero attached hydrogens (tertiary/aromatic N) is 1. The Hall–Kier alpha value is 0.270. The van der Waals surface area contributed by atoms with E-state index in [1.807, 2.05) is 0 Å². The van der Waals surface area contributed by atoms with Gasteiger partial charge in [-0.1, -0.05) is 40.5 Å². The topological polar surface area (TPSA) is 15.3 Å². The average Bonchev–Trinajstić information content (AvgIpc) is 2.38. The largest absolute Gasteiger partial charge is 0.316 e. The third-order valence-corrected chi connectivity index (χ3v) is 6.26. The number of rotatable bonds is 6. The summed E-state index contributed by atoms with van der Waals surface area (Å²) in [4.78, 5) is 2.76. The Kier molecular flexibility index (Phi) is 6.89. The molecule has 2 fully saturated rings. The van der Waals surface area contributed by atoms with E-state index in [1.165, 1.54) is 64.2 Å². The molecule has 1 heterocycles. The van der Waals surface area contributed by atoms with Crippen LogP contribution >= 0.6 is 11.8 Å². The molecule has 124 valence electrons. The van der Waals surface area contributed by atoms with Crippen molar-refractivity contribution in [1.29, 1.82) is 0 Å². The Morgan fingerprint density at radius 3 is 2.81 bits per heavy atom. The summed E-state index contributed by atoms with van der Waals surface area (Å²) in [7, 11) is 0. The fourth-order valence-corrected chi connectivity index (χ4v) is 5.35. The average molecular weight is 313 g/mol. The molecule has 2 nitrogen and oxygen atoms in total. The summed E-state index contributed by atoms with van der Waals surface area (Å²) in [5.74, 6) is 3.00. The predicted molar refractivity (Wildman–Crippen MR) is 96.1 cm³/mol. The Bertz CT molecular complexity index is 308. The zero-order chi connectivity index (χ0) is 15.3. The smallest absolute Gasteiger partial charge is 0.0147 e. The van der Waals surface area contributed by atoms with Crippen LogP contribution in [0.3, 0.4) is 0 Å². The third-order valence-electron chi connectivity index (χ3n) is 5.12. The van der Waals surface area contributed by atoms with Gasteiger partial charge in [0.15, 0.2) is 0 Å². The van der Waals surface area contributed by atoms with Gasteiger partial charge in [0.1, 0.15) is 0 Å². The van der Waals surface area contributed by atoms with Gasteiger partial charge < -0.3 is 10.2 Å². The van der Waals surface area contributed by atoms with Crippen molar-refractivity contribution in [1.82, 2.24) is 10.2 Å². The van der Waals surface area contributed by atoms with E-state index in [0.29, 0.717) is 5.41 Å². The Morgan fingerprint density at radius 1 is 1.33 bits per heavy atom. The van der Waals surface area contributed by atoms with Crippen LogP contribution in [0.2, 0.25) is 0 Å². The molecule has 0 spiro atoms. The van der Waals surface area contributed by atoms with E-state index >= 15 is 0 Å². The summed E-state index contributed by atoms with van der Waals surface area (Å²) in [5, 5.41) is 4.60. The maximum absolute atomic E-state index is 3.78. The highest BCUT2D eigenvalue weighted by molar-refractivity contribution is 7.99. The normalized spacial score (nSPS) is 35.3. The van der Waals surface area contributed by atoms with Gasteiger partial charge in [0.2, 0.25) is 0 Å². The predicted octanol–water partition coefficient (Wildman–Crippen LogP) is 3.87. The second-order valence-electron chi connectivity index (χ2n) is 8.14. The first-order chi connectivity index (χ1) is 9.99. The highest BCUT2D eigenvalue weighted by Gasteiger charge is 2.37. The first kappa shape index (κ1) is 17.6. The molecule has 0 aromatic heterocycles. The molecule has 0 radical (unpaired) electrons. The summed E-state index contributed by atoms with van der Waals surface area (Å²) in [6, 6.07) is 0. The molecule has 0 aromatic carbocycles. The molecule has 2 aliphatic rings. The third kappa shape index (κ3) is 5.76. The van der Waals surface area contributed by atoms with Crippen LogP contribution in [0.25, 0.3) is 0 Å². The standard InChI is InChI=1S/C18H36N2S/c1-15(2)11-19-13-18(7-5-6-16(3)10-18)14-20-8-9-21-17(4)12-20/h15-17,19H,5-14H2,1-4H3. The van der Waals surface area contributed by atoms with Crippen LogP contribution < -0.4 is 5.32 Å². The molecular weight excluding hydrogens is 276 g/mol. The highest BCUT2D eigenvalue weighted by atomic mass is 32.2. The van der Waals surface area contributed by atoms with E-state index in [2.05, 4.69) is 49.7 Å². The van der Waals surface area contributed by atoms with Crippen LogP contribution in [0, 0.1) is 17.3 Å². The van der Waals surface area contributed by atoms with Gasteiger partial charge >= 0.3 is 0 Å². The Balaban J connectivity index is 1.93. The van der Waals surface area contributed by atoms with Crippen molar-refractivity contribution in [3.05, 3.63) is 0 Å². The molecule has 1 aliphatic carbocycles.